The molecule has 0 bridgehead atoms. The molecule has 2 amide bonds. The van der Waals surface area contributed by atoms with Crippen molar-refractivity contribution in [2.24, 2.45) is 0 Å². The van der Waals surface area contributed by atoms with Crippen LogP contribution in [0.25, 0.3) is 0 Å². The predicted octanol–water partition coefficient (Wildman–Crippen LogP) is 5.16. The molecule has 3 rings (SSSR count). The van der Waals surface area contributed by atoms with Crippen LogP contribution in [0.1, 0.15) is 51.3 Å². The molecule has 0 saturated carbocycles. The van der Waals surface area contributed by atoms with Gasteiger partial charge in [0.05, 0.1) is 5.56 Å². The molecule has 0 aromatic heterocycles. The van der Waals surface area contributed by atoms with Crippen LogP contribution < -0.4 is 10.6 Å². The Hall–Kier alpha value is -3.51. The summed E-state index contributed by atoms with van der Waals surface area (Å²) in [6.45, 7) is 9.35. The van der Waals surface area contributed by atoms with E-state index in [2.05, 4.69) is 41.5 Å². The van der Waals surface area contributed by atoms with E-state index in [1.54, 1.807) is 24.3 Å². The van der Waals surface area contributed by atoms with Gasteiger partial charge in [-0.05, 0) is 61.0 Å². The fourth-order valence-electron chi connectivity index (χ4n) is 3.56. The molecule has 172 valence electrons. The Morgan fingerprint density at radius 2 is 1.61 bits per heavy atom. The Balaban J connectivity index is 1.66. The Kier molecular flexibility index (Phi) is 8.33. The van der Waals surface area contributed by atoms with Crippen LogP contribution in [-0.2, 0) is 13.1 Å². The minimum Gasteiger partial charge on any atom is -0.348 e. The topological polar surface area (TPSA) is 61.4 Å². The van der Waals surface area contributed by atoms with Crippen molar-refractivity contribution in [1.29, 1.82) is 0 Å². The molecule has 3 aromatic carbocycles. The van der Waals surface area contributed by atoms with Crippen LogP contribution in [0.3, 0.4) is 0 Å². The number of halogens is 1. The molecule has 6 heteroatoms. The molecule has 0 fully saturated rings. The summed E-state index contributed by atoms with van der Waals surface area (Å²) in [5, 5.41) is 5.65. The second-order valence-corrected chi connectivity index (χ2v) is 7.93. The van der Waals surface area contributed by atoms with Crippen molar-refractivity contribution in [1.82, 2.24) is 10.2 Å². The average molecular weight is 448 g/mol. The predicted molar refractivity (Wildman–Crippen MR) is 130 cm³/mol. The highest BCUT2D eigenvalue weighted by atomic mass is 19.1. The molecule has 0 heterocycles. The number of aryl methyl sites for hydroxylation is 1. The molecular weight excluding hydrogens is 417 g/mol. The smallest absolute Gasteiger partial charge is 0.258 e. The number of carbonyl (C=O) groups excluding carboxylic acids is 2. The van der Waals surface area contributed by atoms with Gasteiger partial charge in [0, 0.05) is 24.3 Å². The van der Waals surface area contributed by atoms with Gasteiger partial charge >= 0.3 is 0 Å². The number of hydrogen-bond donors (Lipinski definition) is 2. The van der Waals surface area contributed by atoms with Crippen molar-refractivity contribution in [2.45, 2.75) is 33.9 Å². The zero-order valence-electron chi connectivity index (χ0n) is 19.3. The van der Waals surface area contributed by atoms with E-state index in [0.717, 1.165) is 30.8 Å². The third-order valence-corrected chi connectivity index (χ3v) is 5.61. The van der Waals surface area contributed by atoms with Gasteiger partial charge < -0.3 is 10.6 Å². The Bertz CT molecular complexity index is 1130. The molecule has 0 unspecified atom stereocenters. The summed E-state index contributed by atoms with van der Waals surface area (Å²) in [5.41, 5.74) is 3.85. The SMILES string of the molecule is CCN(CC)Cc1cccc(CNC(=O)c2ccc(C)c(NC(=O)c3ccccc3F)c2)c1. The van der Waals surface area contributed by atoms with Gasteiger partial charge in [0.1, 0.15) is 5.82 Å². The molecule has 0 aliphatic carbocycles. The second kappa shape index (κ2) is 11.4. The van der Waals surface area contributed by atoms with E-state index in [1.807, 2.05) is 19.1 Å². The lowest BCUT2D eigenvalue weighted by Gasteiger charge is -2.18. The summed E-state index contributed by atoms with van der Waals surface area (Å²) >= 11 is 0. The maximum Gasteiger partial charge on any atom is 0.258 e. The third-order valence-electron chi connectivity index (χ3n) is 5.61. The lowest BCUT2D eigenvalue weighted by atomic mass is 10.1. The molecule has 2 N–H and O–H groups in total. The van der Waals surface area contributed by atoms with Crippen molar-refractivity contribution in [3.8, 4) is 0 Å². The number of anilines is 1. The fourth-order valence-corrected chi connectivity index (χ4v) is 3.56. The van der Waals surface area contributed by atoms with Crippen molar-refractivity contribution < 1.29 is 14.0 Å². The molecule has 0 aliphatic rings. The number of carbonyl (C=O) groups is 2. The highest BCUT2D eigenvalue weighted by Crippen LogP contribution is 2.19. The highest BCUT2D eigenvalue weighted by molar-refractivity contribution is 6.05. The first-order valence-corrected chi connectivity index (χ1v) is 11.2. The zero-order valence-corrected chi connectivity index (χ0v) is 19.3. The first kappa shape index (κ1) is 24.1. The number of nitrogens with zero attached hydrogens (tertiary/aromatic N) is 1. The third kappa shape index (κ3) is 6.49. The molecule has 33 heavy (non-hydrogen) atoms. The Labute approximate surface area is 194 Å². The molecule has 3 aromatic rings. The van der Waals surface area contributed by atoms with Gasteiger partial charge in [0.15, 0.2) is 0 Å². The molecule has 0 spiro atoms. The molecule has 0 saturated heterocycles. The van der Waals surface area contributed by atoms with Crippen LogP contribution in [0.4, 0.5) is 10.1 Å². The van der Waals surface area contributed by atoms with Crippen LogP contribution in [-0.4, -0.2) is 29.8 Å². The highest BCUT2D eigenvalue weighted by Gasteiger charge is 2.14. The van der Waals surface area contributed by atoms with E-state index < -0.39 is 11.7 Å². The summed E-state index contributed by atoms with van der Waals surface area (Å²) in [7, 11) is 0. The summed E-state index contributed by atoms with van der Waals surface area (Å²) in [5.74, 6) is -1.39. The number of nitrogens with one attached hydrogen (secondary N) is 2. The van der Waals surface area contributed by atoms with Gasteiger partial charge in [0.25, 0.3) is 11.8 Å². The average Bonchev–Trinajstić information content (AvgIpc) is 2.82. The van der Waals surface area contributed by atoms with Crippen molar-refractivity contribution in [2.75, 3.05) is 18.4 Å². The van der Waals surface area contributed by atoms with Crippen molar-refractivity contribution in [3.05, 3.63) is 100 Å². The second-order valence-electron chi connectivity index (χ2n) is 7.93. The van der Waals surface area contributed by atoms with Gasteiger partial charge in [0.2, 0.25) is 0 Å². The number of rotatable bonds is 9. The van der Waals surface area contributed by atoms with E-state index in [-0.39, 0.29) is 11.5 Å². The van der Waals surface area contributed by atoms with E-state index in [9.17, 15) is 14.0 Å². The zero-order chi connectivity index (χ0) is 23.8. The van der Waals surface area contributed by atoms with Crippen LogP contribution in [0.15, 0.2) is 66.7 Å². The summed E-state index contributed by atoms with van der Waals surface area (Å²) < 4.78 is 13.9. The Morgan fingerprint density at radius 1 is 0.879 bits per heavy atom. The summed E-state index contributed by atoms with van der Waals surface area (Å²) in [6.07, 6.45) is 0. The van der Waals surface area contributed by atoms with E-state index in [1.165, 1.54) is 23.8 Å². The van der Waals surface area contributed by atoms with Crippen molar-refractivity contribution >= 4 is 17.5 Å². The van der Waals surface area contributed by atoms with Gasteiger partial charge in [-0.3, -0.25) is 14.5 Å². The van der Waals surface area contributed by atoms with Gasteiger partial charge in [-0.25, -0.2) is 4.39 Å². The van der Waals surface area contributed by atoms with Gasteiger partial charge in [-0.2, -0.15) is 0 Å². The quantitative estimate of drug-likeness (QED) is 0.476. The standard InChI is InChI=1S/C27H30FN3O2/c1-4-31(5-2)18-21-10-8-9-20(15-21)17-29-26(32)22-14-13-19(3)25(16-22)30-27(33)23-11-6-7-12-24(23)28/h6-16H,4-5,17-18H2,1-3H3,(H,29,32)(H,30,33). The summed E-state index contributed by atoms with van der Waals surface area (Å²) in [4.78, 5) is 27.6. The number of amides is 2. The molecular formula is C27H30FN3O2. The first-order valence-electron chi connectivity index (χ1n) is 11.2. The van der Waals surface area contributed by atoms with Crippen molar-refractivity contribution in [3.63, 3.8) is 0 Å². The van der Waals surface area contributed by atoms with Crippen LogP contribution in [0.5, 0.6) is 0 Å². The minimum atomic E-state index is -0.593. The normalized spacial score (nSPS) is 10.8. The largest absolute Gasteiger partial charge is 0.348 e. The lowest BCUT2D eigenvalue weighted by molar-refractivity contribution is 0.0949. The van der Waals surface area contributed by atoms with E-state index >= 15 is 0 Å². The van der Waals surface area contributed by atoms with Crippen LogP contribution in [0.2, 0.25) is 0 Å². The number of hydrogen-bond acceptors (Lipinski definition) is 3. The maximum absolute atomic E-state index is 13.9. The monoisotopic (exact) mass is 447 g/mol. The maximum atomic E-state index is 13.9. The summed E-state index contributed by atoms with van der Waals surface area (Å²) in [6, 6.07) is 19.1. The Morgan fingerprint density at radius 3 is 2.33 bits per heavy atom. The van der Waals surface area contributed by atoms with E-state index in [4.69, 9.17) is 0 Å². The molecule has 0 atom stereocenters. The molecule has 0 radical (unpaired) electrons. The molecule has 5 nitrogen and oxygen atoms in total. The molecule has 0 aliphatic heterocycles. The first-order chi connectivity index (χ1) is 15.9. The van der Waals surface area contributed by atoms with E-state index in [0.29, 0.717) is 17.8 Å². The minimum absolute atomic E-state index is 0.0450. The van der Waals surface area contributed by atoms with Gasteiger partial charge in [-0.1, -0.05) is 56.3 Å². The van der Waals surface area contributed by atoms with Gasteiger partial charge in [-0.15, -0.1) is 0 Å². The van der Waals surface area contributed by atoms with Crippen LogP contribution >= 0.6 is 0 Å². The van der Waals surface area contributed by atoms with Crippen LogP contribution in [0, 0.1) is 12.7 Å². The fraction of sp³-hybridized carbons (Fsp3) is 0.259. The number of benzene rings is 3. The lowest BCUT2D eigenvalue weighted by Crippen LogP contribution is -2.24.